The number of Topliss-reactive ketones (excluding diaryl/α,β-unsaturated/α-hetero) is 1. The summed E-state index contributed by atoms with van der Waals surface area (Å²) in [5.41, 5.74) is 0.829. The first-order valence-corrected chi connectivity index (χ1v) is 4.68. The van der Waals surface area contributed by atoms with Crippen molar-refractivity contribution in [2.24, 2.45) is 5.16 Å². The van der Waals surface area contributed by atoms with Crippen LogP contribution in [0.2, 0.25) is 0 Å². The molecule has 1 aromatic rings. The summed E-state index contributed by atoms with van der Waals surface area (Å²) in [5.74, 6) is -1.79. The molecule has 0 unspecified atom stereocenters. The molecule has 0 aliphatic heterocycles. The van der Waals surface area contributed by atoms with Crippen molar-refractivity contribution in [3.05, 3.63) is 35.4 Å². The summed E-state index contributed by atoms with van der Waals surface area (Å²) in [6.07, 6.45) is 0. The molecule has 1 N–H and O–H groups in total. The Balaban J connectivity index is 2.73. The number of oxime groups is 1. The number of carbonyl (C=O) groups is 1. The second-order valence-electron chi connectivity index (χ2n) is 3.35. The lowest BCUT2D eigenvalue weighted by Crippen LogP contribution is -2.38. The highest BCUT2D eigenvalue weighted by Gasteiger charge is 2.51. The molecule has 5 heteroatoms. The largest absolute Gasteiger partial charge is 0.410 e. The van der Waals surface area contributed by atoms with Crippen molar-refractivity contribution in [1.29, 1.82) is 0 Å². The molecule has 0 amide bonds. The molecule has 0 bridgehead atoms. The first-order chi connectivity index (χ1) is 7.71. The molecular weight excluding hydrogens is 210 g/mol. The summed E-state index contributed by atoms with van der Waals surface area (Å²) in [6.45, 7) is 0. The predicted molar refractivity (Wildman–Crippen MR) is 55.7 cm³/mol. The lowest BCUT2D eigenvalue weighted by molar-refractivity contribution is -0.159. The van der Waals surface area contributed by atoms with E-state index in [0.29, 0.717) is 11.1 Å². The Bertz CT molecular complexity index is 463. The molecule has 0 saturated heterocycles. The Morgan fingerprint density at radius 3 is 2.44 bits per heavy atom. The predicted octanol–water partition coefficient (Wildman–Crippen LogP) is 1.16. The van der Waals surface area contributed by atoms with Crippen LogP contribution in [0.5, 0.6) is 0 Å². The molecule has 0 heterocycles. The lowest BCUT2D eigenvalue weighted by atomic mass is 10.1. The fourth-order valence-electron chi connectivity index (χ4n) is 1.98. The number of rotatable bonds is 2. The van der Waals surface area contributed by atoms with Crippen molar-refractivity contribution in [2.75, 3.05) is 14.2 Å². The van der Waals surface area contributed by atoms with Gasteiger partial charge in [-0.2, -0.15) is 0 Å². The number of ketones is 1. The molecule has 0 fully saturated rings. The fraction of sp³-hybridized carbons (Fsp3) is 0.273. The van der Waals surface area contributed by atoms with Crippen LogP contribution in [0, 0.1) is 0 Å². The third kappa shape index (κ3) is 1.12. The molecule has 84 valence electrons. The summed E-state index contributed by atoms with van der Waals surface area (Å²) in [5, 5.41) is 11.9. The van der Waals surface area contributed by atoms with E-state index >= 15 is 0 Å². The van der Waals surface area contributed by atoms with Gasteiger partial charge in [0.1, 0.15) is 0 Å². The van der Waals surface area contributed by atoms with Crippen molar-refractivity contribution >= 4 is 11.5 Å². The van der Waals surface area contributed by atoms with Gasteiger partial charge in [-0.3, -0.25) is 4.79 Å². The van der Waals surface area contributed by atoms with E-state index in [1.165, 1.54) is 14.2 Å². The first-order valence-electron chi connectivity index (χ1n) is 4.68. The van der Waals surface area contributed by atoms with Crippen LogP contribution < -0.4 is 0 Å². The van der Waals surface area contributed by atoms with Gasteiger partial charge in [-0.25, -0.2) is 0 Å². The van der Waals surface area contributed by atoms with Crippen molar-refractivity contribution in [3.8, 4) is 0 Å². The quantitative estimate of drug-likeness (QED) is 0.462. The summed E-state index contributed by atoms with van der Waals surface area (Å²) < 4.78 is 10.4. The van der Waals surface area contributed by atoms with Gasteiger partial charge in [0.15, 0.2) is 5.71 Å². The number of benzene rings is 1. The summed E-state index contributed by atoms with van der Waals surface area (Å²) in [7, 11) is 2.79. The average molecular weight is 221 g/mol. The normalized spacial score (nSPS) is 20.1. The molecule has 0 saturated carbocycles. The van der Waals surface area contributed by atoms with E-state index in [1.807, 2.05) is 0 Å². The third-order valence-corrected chi connectivity index (χ3v) is 2.73. The molecule has 1 aliphatic rings. The first kappa shape index (κ1) is 10.8. The molecular formula is C11H11NO4. The third-order valence-electron chi connectivity index (χ3n) is 2.73. The van der Waals surface area contributed by atoms with Crippen molar-refractivity contribution in [3.63, 3.8) is 0 Å². The number of carbonyl (C=O) groups excluding carboxylic acids is 1. The van der Waals surface area contributed by atoms with E-state index in [-0.39, 0.29) is 11.5 Å². The second-order valence-corrected chi connectivity index (χ2v) is 3.35. The van der Waals surface area contributed by atoms with E-state index in [2.05, 4.69) is 5.16 Å². The topological polar surface area (TPSA) is 68.1 Å². The zero-order valence-corrected chi connectivity index (χ0v) is 8.93. The zero-order valence-electron chi connectivity index (χ0n) is 8.93. The maximum absolute atomic E-state index is 11.9. The summed E-state index contributed by atoms with van der Waals surface area (Å²) >= 11 is 0. The molecule has 2 rings (SSSR count). The molecule has 16 heavy (non-hydrogen) atoms. The molecule has 0 aromatic heterocycles. The maximum atomic E-state index is 11.9. The number of nitrogens with zero attached hydrogens (tertiary/aromatic N) is 1. The molecule has 0 radical (unpaired) electrons. The van der Waals surface area contributed by atoms with Crippen LogP contribution in [-0.4, -0.2) is 30.9 Å². The van der Waals surface area contributed by atoms with Gasteiger partial charge in [0.2, 0.25) is 11.6 Å². The Hall–Kier alpha value is -1.72. The highest BCUT2D eigenvalue weighted by Crippen LogP contribution is 2.37. The van der Waals surface area contributed by atoms with Crippen LogP contribution >= 0.6 is 0 Å². The van der Waals surface area contributed by atoms with Crippen LogP contribution in [0.3, 0.4) is 0 Å². The van der Waals surface area contributed by atoms with Gasteiger partial charge in [0.05, 0.1) is 0 Å². The van der Waals surface area contributed by atoms with Crippen LogP contribution in [-0.2, 0) is 15.3 Å². The van der Waals surface area contributed by atoms with E-state index < -0.39 is 5.79 Å². The number of methoxy groups -OCH3 is 2. The standard InChI is InChI=1S/C11H11NO4/c1-15-11(16-2)8-6-4-3-5-7(8)9(13)10(11)12-14/h3-6,14H,1-2H3/b12-10+. The van der Waals surface area contributed by atoms with E-state index in [0.717, 1.165) is 0 Å². The average Bonchev–Trinajstić information content (AvgIpc) is 2.59. The number of fused-ring (bicyclic) bond motifs is 1. The molecule has 0 atom stereocenters. The van der Waals surface area contributed by atoms with Crippen molar-refractivity contribution < 1.29 is 19.5 Å². The lowest BCUT2D eigenvalue weighted by Gasteiger charge is -2.25. The Kier molecular flexibility index (Phi) is 2.49. The number of hydrogen-bond acceptors (Lipinski definition) is 5. The second kappa shape index (κ2) is 3.70. The van der Waals surface area contributed by atoms with Crippen molar-refractivity contribution in [2.45, 2.75) is 5.79 Å². The van der Waals surface area contributed by atoms with Gasteiger partial charge in [0.25, 0.3) is 0 Å². The molecule has 0 spiro atoms. The monoisotopic (exact) mass is 221 g/mol. The van der Waals surface area contributed by atoms with E-state index in [4.69, 9.17) is 14.7 Å². The Labute approximate surface area is 92.3 Å². The molecule has 1 aliphatic carbocycles. The van der Waals surface area contributed by atoms with Gasteiger partial charge in [0, 0.05) is 25.3 Å². The Morgan fingerprint density at radius 1 is 1.25 bits per heavy atom. The van der Waals surface area contributed by atoms with Crippen LogP contribution in [0.25, 0.3) is 0 Å². The molecule has 1 aromatic carbocycles. The van der Waals surface area contributed by atoms with Crippen LogP contribution in [0.1, 0.15) is 15.9 Å². The number of hydrogen-bond donors (Lipinski definition) is 1. The smallest absolute Gasteiger partial charge is 0.247 e. The Morgan fingerprint density at radius 2 is 1.88 bits per heavy atom. The summed E-state index contributed by atoms with van der Waals surface area (Å²) in [4.78, 5) is 11.9. The van der Waals surface area contributed by atoms with E-state index in [1.54, 1.807) is 24.3 Å². The van der Waals surface area contributed by atoms with Gasteiger partial charge >= 0.3 is 0 Å². The van der Waals surface area contributed by atoms with E-state index in [9.17, 15) is 4.79 Å². The highest BCUT2D eigenvalue weighted by atomic mass is 16.7. The minimum Gasteiger partial charge on any atom is -0.410 e. The van der Waals surface area contributed by atoms with Crippen LogP contribution in [0.15, 0.2) is 29.4 Å². The zero-order chi connectivity index (χ0) is 11.8. The fourth-order valence-corrected chi connectivity index (χ4v) is 1.98. The SMILES string of the molecule is COC1(OC)/C(=N/O)C(=O)c2ccccc21. The number of ether oxygens (including phenoxy) is 2. The van der Waals surface area contributed by atoms with Gasteiger partial charge in [-0.1, -0.05) is 29.4 Å². The maximum Gasteiger partial charge on any atom is 0.247 e. The van der Waals surface area contributed by atoms with Gasteiger partial charge in [-0.15, -0.1) is 0 Å². The summed E-state index contributed by atoms with van der Waals surface area (Å²) in [6, 6.07) is 6.84. The van der Waals surface area contributed by atoms with Gasteiger partial charge in [-0.05, 0) is 0 Å². The van der Waals surface area contributed by atoms with Gasteiger partial charge < -0.3 is 14.7 Å². The van der Waals surface area contributed by atoms with Crippen LogP contribution in [0.4, 0.5) is 0 Å². The molecule has 5 nitrogen and oxygen atoms in total. The minimum atomic E-state index is -1.40. The van der Waals surface area contributed by atoms with Crippen molar-refractivity contribution in [1.82, 2.24) is 0 Å². The minimum absolute atomic E-state index is 0.154. The highest BCUT2D eigenvalue weighted by molar-refractivity contribution is 6.51.